The van der Waals surface area contributed by atoms with E-state index in [0.717, 1.165) is 11.7 Å². The Morgan fingerprint density at radius 2 is 1.94 bits per heavy atom. The van der Waals surface area contributed by atoms with Crippen molar-refractivity contribution in [3.8, 4) is 5.75 Å². The Hall–Kier alpha value is -0.980. The van der Waals surface area contributed by atoms with Crippen molar-refractivity contribution in [1.29, 1.82) is 0 Å². The summed E-state index contributed by atoms with van der Waals surface area (Å²) in [6.07, 6.45) is 6.58. The molecule has 0 unspecified atom stereocenters. The van der Waals surface area contributed by atoms with Gasteiger partial charge in [-0.1, -0.05) is 32.4 Å². The molecule has 0 aromatic heterocycles. The third-order valence-corrected chi connectivity index (χ3v) is 3.41. The van der Waals surface area contributed by atoms with Gasteiger partial charge in [0, 0.05) is 0 Å². The van der Waals surface area contributed by atoms with Crippen LogP contribution in [0.3, 0.4) is 0 Å². The van der Waals surface area contributed by atoms with Gasteiger partial charge < -0.3 is 4.74 Å². The first-order valence-corrected chi connectivity index (χ1v) is 6.53. The minimum Gasteiger partial charge on any atom is -0.490 e. The number of hydrogen-bond donors (Lipinski definition) is 0. The molecule has 16 heavy (non-hydrogen) atoms. The van der Waals surface area contributed by atoms with Crippen LogP contribution in [0.4, 0.5) is 0 Å². The molecule has 0 saturated heterocycles. The monoisotopic (exact) mass is 218 g/mol. The summed E-state index contributed by atoms with van der Waals surface area (Å²) in [5.74, 6) is 1.88. The Kier molecular flexibility index (Phi) is 3.87. The van der Waals surface area contributed by atoms with Gasteiger partial charge in [0.2, 0.25) is 0 Å². The van der Waals surface area contributed by atoms with Crippen molar-refractivity contribution < 1.29 is 4.74 Å². The van der Waals surface area contributed by atoms with Crippen LogP contribution >= 0.6 is 0 Å². The highest BCUT2D eigenvalue weighted by atomic mass is 16.5. The maximum Gasteiger partial charge on any atom is 0.119 e. The molecule has 0 radical (unpaired) electrons. The molecule has 0 bridgehead atoms. The highest BCUT2D eigenvalue weighted by molar-refractivity contribution is 5.27. The average molecular weight is 218 g/mol. The van der Waals surface area contributed by atoms with Crippen molar-refractivity contribution >= 4 is 0 Å². The quantitative estimate of drug-likeness (QED) is 0.735. The molecule has 2 atom stereocenters. The molecule has 0 amide bonds. The van der Waals surface area contributed by atoms with Crippen LogP contribution < -0.4 is 4.74 Å². The van der Waals surface area contributed by atoms with E-state index in [-0.39, 0.29) is 0 Å². The van der Waals surface area contributed by atoms with Gasteiger partial charge in [0.1, 0.15) is 5.75 Å². The van der Waals surface area contributed by atoms with E-state index in [0.29, 0.717) is 6.10 Å². The van der Waals surface area contributed by atoms with Crippen molar-refractivity contribution in [3.05, 3.63) is 29.8 Å². The summed E-state index contributed by atoms with van der Waals surface area (Å²) in [5, 5.41) is 0. The van der Waals surface area contributed by atoms with E-state index >= 15 is 0 Å². The molecule has 1 aliphatic rings. The fraction of sp³-hybridized carbons (Fsp3) is 0.600. The Morgan fingerprint density at radius 3 is 2.50 bits per heavy atom. The summed E-state index contributed by atoms with van der Waals surface area (Å²) >= 11 is 0. The van der Waals surface area contributed by atoms with E-state index in [2.05, 4.69) is 38.1 Å². The zero-order chi connectivity index (χ0) is 11.4. The zero-order valence-electron chi connectivity index (χ0n) is 10.4. The summed E-state index contributed by atoms with van der Waals surface area (Å²) in [6, 6.07) is 8.62. The average Bonchev–Trinajstić information content (AvgIpc) is 2.67. The van der Waals surface area contributed by atoms with Crippen molar-refractivity contribution in [2.45, 2.75) is 52.1 Å². The molecule has 0 aliphatic heterocycles. The summed E-state index contributed by atoms with van der Waals surface area (Å²) in [7, 11) is 0. The van der Waals surface area contributed by atoms with Crippen molar-refractivity contribution in [2.75, 3.05) is 0 Å². The van der Waals surface area contributed by atoms with Crippen LogP contribution in [0.1, 0.15) is 45.1 Å². The second-order valence-electron chi connectivity index (χ2n) is 5.05. The summed E-state index contributed by atoms with van der Waals surface area (Å²) in [4.78, 5) is 0. The lowest BCUT2D eigenvalue weighted by Gasteiger charge is -2.13. The van der Waals surface area contributed by atoms with Gasteiger partial charge in [-0.25, -0.2) is 0 Å². The van der Waals surface area contributed by atoms with E-state index in [9.17, 15) is 0 Å². The topological polar surface area (TPSA) is 9.23 Å². The van der Waals surface area contributed by atoms with Gasteiger partial charge >= 0.3 is 0 Å². The maximum atomic E-state index is 5.98. The van der Waals surface area contributed by atoms with Gasteiger partial charge in [-0.15, -0.1) is 0 Å². The fourth-order valence-corrected chi connectivity index (χ4v) is 2.48. The minimum atomic E-state index is 0.451. The first-order chi connectivity index (χ1) is 7.78. The Morgan fingerprint density at radius 1 is 1.19 bits per heavy atom. The smallest absolute Gasteiger partial charge is 0.119 e. The van der Waals surface area contributed by atoms with E-state index < -0.39 is 0 Å². The van der Waals surface area contributed by atoms with Crippen LogP contribution in [-0.2, 0) is 6.42 Å². The molecule has 1 heteroatoms. The Balaban J connectivity index is 1.89. The Bertz CT molecular complexity index is 315. The lowest BCUT2D eigenvalue weighted by atomic mass is 10.1. The van der Waals surface area contributed by atoms with Crippen LogP contribution in [-0.4, -0.2) is 6.10 Å². The minimum absolute atomic E-state index is 0.451. The first-order valence-electron chi connectivity index (χ1n) is 6.53. The van der Waals surface area contributed by atoms with E-state index in [1.807, 2.05) is 0 Å². The number of benzene rings is 1. The molecule has 1 aromatic carbocycles. The predicted octanol–water partition coefficient (Wildman–Crippen LogP) is 4.21. The van der Waals surface area contributed by atoms with Crippen LogP contribution in [0.25, 0.3) is 0 Å². The molecule has 1 aliphatic carbocycles. The first kappa shape index (κ1) is 11.5. The molecule has 0 N–H and O–H groups in total. The van der Waals surface area contributed by atoms with Crippen LogP contribution in [0.2, 0.25) is 0 Å². The zero-order valence-corrected chi connectivity index (χ0v) is 10.4. The lowest BCUT2D eigenvalue weighted by Crippen LogP contribution is -2.11. The van der Waals surface area contributed by atoms with Gasteiger partial charge in [-0.3, -0.25) is 0 Å². The van der Waals surface area contributed by atoms with Crippen molar-refractivity contribution in [3.63, 3.8) is 0 Å². The third-order valence-electron chi connectivity index (χ3n) is 3.41. The van der Waals surface area contributed by atoms with Gasteiger partial charge in [0.05, 0.1) is 6.10 Å². The second-order valence-corrected chi connectivity index (χ2v) is 5.05. The SMILES string of the molecule is CCCc1ccc(O[C@H]2CC[C@H](C)C2)cc1. The van der Waals surface area contributed by atoms with Crippen molar-refractivity contribution in [2.24, 2.45) is 5.92 Å². The van der Waals surface area contributed by atoms with Crippen LogP contribution in [0.5, 0.6) is 5.75 Å². The number of rotatable bonds is 4. The highest BCUT2D eigenvalue weighted by Crippen LogP contribution is 2.28. The predicted molar refractivity (Wildman–Crippen MR) is 67.9 cm³/mol. The van der Waals surface area contributed by atoms with Crippen LogP contribution in [0.15, 0.2) is 24.3 Å². The summed E-state index contributed by atoms with van der Waals surface area (Å²) < 4.78 is 5.98. The third kappa shape index (κ3) is 3.01. The van der Waals surface area contributed by atoms with Gasteiger partial charge in [0.25, 0.3) is 0 Å². The second kappa shape index (κ2) is 5.38. The number of aryl methyl sites for hydroxylation is 1. The molecular formula is C15H22O. The summed E-state index contributed by atoms with van der Waals surface area (Å²) in [6.45, 7) is 4.53. The van der Waals surface area contributed by atoms with E-state index in [4.69, 9.17) is 4.74 Å². The molecule has 0 spiro atoms. The van der Waals surface area contributed by atoms with Gasteiger partial charge in [-0.05, 0) is 49.3 Å². The largest absolute Gasteiger partial charge is 0.490 e. The number of ether oxygens (including phenoxy) is 1. The molecule has 88 valence electrons. The molecule has 0 heterocycles. The standard InChI is InChI=1S/C15H22O/c1-3-4-13-6-9-14(10-7-13)16-15-8-5-12(2)11-15/h6-7,9-10,12,15H,3-5,8,11H2,1-2H3/t12-,15-/m0/s1. The molecule has 1 aromatic rings. The highest BCUT2D eigenvalue weighted by Gasteiger charge is 2.22. The normalized spacial score (nSPS) is 24.6. The van der Waals surface area contributed by atoms with Crippen LogP contribution in [0, 0.1) is 5.92 Å². The van der Waals surface area contributed by atoms with Gasteiger partial charge in [-0.2, -0.15) is 0 Å². The molecular weight excluding hydrogens is 196 g/mol. The van der Waals surface area contributed by atoms with Gasteiger partial charge in [0.15, 0.2) is 0 Å². The van der Waals surface area contributed by atoms with E-state index in [1.165, 1.54) is 37.7 Å². The molecule has 2 rings (SSSR count). The fourth-order valence-electron chi connectivity index (χ4n) is 2.48. The molecule has 1 saturated carbocycles. The maximum absolute atomic E-state index is 5.98. The van der Waals surface area contributed by atoms with E-state index in [1.54, 1.807) is 0 Å². The Labute approximate surface area is 98.8 Å². The molecule has 1 fully saturated rings. The van der Waals surface area contributed by atoms with Crippen molar-refractivity contribution in [1.82, 2.24) is 0 Å². The summed E-state index contributed by atoms with van der Waals surface area (Å²) in [5.41, 5.74) is 1.41. The lowest BCUT2D eigenvalue weighted by molar-refractivity contribution is 0.205. The molecule has 1 nitrogen and oxygen atoms in total. The number of hydrogen-bond acceptors (Lipinski definition) is 1.